The summed E-state index contributed by atoms with van der Waals surface area (Å²) in [6.45, 7) is 0. The van der Waals surface area contributed by atoms with Crippen molar-refractivity contribution < 1.29 is 9.53 Å². The second kappa shape index (κ2) is 6.15. The number of pyridine rings is 1. The van der Waals surface area contributed by atoms with Crippen molar-refractivity contribution in [2.24, 2.45) is 0 Å². The molecule has 0 aliphatic rings. The molecule has 1 aromatic heterocycles. The van der Waals surface area contributed by atoms with Crippen LogP contribution in [-0.4, -0.2) is 18.1 Å². The number of para-hydroxylation sites is 1. The van der Waals surface area contributed by atoms with Crippen molar-refractivity contribution in [1.29, 1.82) is 0 Å². The zero-order valence-corrected chi connectivity index (χ0v) is 13.4. The number of ether oxygens (including phenoxy) is 1. The first-order valence-electron chi connectivity index (χ1n) is 6.67. The summed E-state index contributed by atoms with van der Waals surface area (Å²) in [5.74, 6) is -0.371. The van der Waals surface area contributed by atoms with Gasteiger partial charge in [-0.2, -0.15) is 0 Å². The van der Waals surface area contributed by atoms with Crippen molar-refractivity contribution in [2.45, 2.75) is 0 Å². The van der Waals surface area contributed by atoms with Crippen molar-refractivity contribution in [3.8, 4) is 0 Å². The van der Waals surface area contributed by atoms with E-state index in [1.807, 2.05) is 36.4 Å². The molecule has 5 heteroatoms. The summed E-state index contributed by atoms with van der Waals surface area (Å²) in [7, 11) is 1.37. The van der Waals surface area contributed by atoms with E-state index in [0.29, 0.717) is 11.3 Å². The third-order valence-electron chi connectivity index (χ3n) is 3.31. The van der Waals surface area contributed by atoms with Gasteiger partial charge in [0.05, 0.1) is 23.9 Å². The average molecular weight is 357 g/mol. The van der Waals surface area contributed by atoms with Crippen molar-refractivity contribution in [2.75, 3.05) is 12.4 Å². The summed E-state index contributed by atoms with van der Waals surface area (Å²) >= 11 is 3.44. The van der Waals surface area contributed by atoms with E-state index in [-0.39, 0.29) is 5.97 Å². The van der Waals surface area contributed by atoms with E-state index in [1.54, 1.807) is 18.3 Å². The number of hydrogen-bond acceptors (Lipinski definition) is 4. The van der Waals surface area contributed by atoms with Gasteiger partial charge < -0.3 is 10.1 Å². The zero-order valence-electron chi connectivity index (χ0n) is 11.8. The van der Waals surface area contributed by atoms with Gasteiger partial charge in [-0.3, -0.25) is 4.98 Å². The number of rotatable bonds is 3. The maximum atomic E-state index is 11.9. The van der Waals surface area contributed by atoms with Crippen LogP contribution >= 0.6 is 15.9 Å². The maximum Gasteiger partial charge on any atom is 0.339 e. The van der Waals surface area contributed by atoms with Gasteiger partial charge in [0, 0.05) is 21.7 Å². The predicted molar refractivity (Wildman–Crippen MR) is 90.5 cm³/mol. The Labute approximate surface area is 136 Å². The van der Waals surface area contributed by atoms with Crippen LogP contribution < -0.4 is 5.32 Å². The van der Waals surface area contributed by atoms with E-state index in [2.05, 4.69) is 26.2 Å². The molecule has 2 aromatic carbocycles. The molecule has 0 fully saturated rings. The molecule has 0 unspecified atom stereocenters. The van der Waals surface area contributed by atoms with E-state index in [0.717, 1.165) is 21.1 Å². The third kappa shape index (κ3) is 2.80. The van der Waals surface area contributed by atoms with Crippen molar-refractivity contribution in [3.63, 3.8) is 0 Å². The van der Waals surface area contributed by atoms with Gasteiger partial charge in [0.2, 0.25) is 0 Å². The Balaban J connectivity index is 2.06. The molecule has 0 aliphatic carbocycles. The van der Waals surface area contributed by atoms with Crippen LogP contribution in [-0.2, 0) is 4.74 Å². The number of fused-ring (bicyclic) bond motifs is 1. The molecule has 22 heavy (non-hydrogen) atoms. The summed E-state index contributed by atoms with van der Waals surface area (Å²) in [6.07, 6.45) is 1.73. The molecule has 0 saturated carbocycles. The molecule has 3 rings (SSSR count). The first-order chi connectivity index (χ1) is 10.7. The number of carbonyl (C=O) groups excluding carboxylic acids is 1. The van der Waals surface area contributed by atoms with Gasteiger partial charge in [0.15, 0.2) is 0 Å². The lowest BCUT2D eigenvalue weighted by atomic mass is 10.1. The molecule has 3 aromatic rings. The third-order valence-corrected chi connectivity index (χ3v) is 3.80. The Hall–Kier alpha value is -2.40. The Morgan fingerprint density at radius 1 is 1.14 bits per heavy atom. The lowest BCUT2D eigenvalue weighted by molar-refractivity contribution is 0.0602. The zero-order chi connectivity index (χ0) is 15.5. The molecule has 0 radical (unpaired) electrons. The van der Waals surface area contributed by atoms with Crippen LogP contribution in [0.1, 0.15) is 10.4 Å². The summed E-state index contributed by atoms with van der Waals surface area (Å²) in [4.78, 5) is 16.2. The normalized spacial score (nSPS) is 10.5. The standard InChI is InChI=1S/C17H13BrN2O2/c1-22-17(21)13-4-2-3-5-14(13)20-15-8-9-19-16-10-11(18)6-7-12(15)16/h2-10H,1H3,(H,19,20). The second-order valence-electron chi connectivity index (χ2n) is 4.68. The summed E-state index contributed by atoms with van der Waals surface area (Å²) in [6, 6.07) is 15.0. The highest BCUT2D eigenvalue weighted by atomic mass is 79.9. The molecule has 0 spiro atoms. The van der Waals surface area contributed by atoms with Gasteiger partial charge in [-0.15, -0.1) is 0 Å². The van der Waals surface area contributed by atoms with E-state index in [4.69, 9.17) is 4.74 Å². The highest BCUT2D eigenvalue weighted by Crippen LogP contribution is 2.28. The number of esters is 1. The Morgan fingerprint density at radius 2 is 1.95 bits per heavy atom. The van der Waals surface area contributed by atoms with E-state index in [1.165, 1.54) is 7.11 Å². The SMILES string of the molecule is COC(=O)c1ccccc1Nc1ccnc2cc(Br)ccc12. The van der Waals surface area contributed by atoms with Gasteiger partial charge in [0.25, 0.3) is 0 Å². The number of carbonyl (C=O) groups is 1. The Bertz CT molecular complexity index is 849. The fourth-order valence-electron chi connectivity index (χ4n) is 2.26. The van der Waals surface area contributed by atoms with Crippen LogP contribution in [0.5, 0.6) is 0 Å². The average Bonchev–Trinajstić information content (AvgIpc) is 2.54. The van der Waals surface area contributed by atoms with Gasteiger partial charge in [-0.05, 0) is 36.4 Å². The van der Waals surface area contributed by atoms with Gasteiger partial charge in [0.1, 0.15) is 0 Å². The van der Waals surface area contributed by atoms with Crippen LogP contribution in [0.2, 0.25) is 0 Å². The monoisotopic (exact) mass is 356 g/mol. The second-order valence-corrected chi connectivity index (χ2v) is 5.60. The fourth-order valence-corrected chi connectivity index (χ4v) is 2.60. The van der Waals surface area contributed by atoms with Crippen LogP contribution in [0.25, 0.3) is 10.9 Å². The molecular weight excluding hydrogens is 344 g/mol. The molecule has 0 atom stereocenters. The number of anilines is 2. The highest BCUT2D eigenvalue weighted by molar-refractivity contribution is 9.10. The minimum atomic E-state index is -0.371. The van der Waals surface area contributed by atoms with Gasteiger partial charge in [-0.1, -0.05) is 28.1 Å². The summed E-state index contributed by atoms with van der Waals surface area (Å²) in [5, 5.41) is 4.27. The van der Waals surface area contributed by atoms with E-state index >= 15 is 0 Å². The maximum absolute atomic E-state index is 11.9. The number of hydrogen-bond donors (Lipinski definition) is 1. The minimum Gasteiger partial charge on any atom is -0.465 e. The Morgan fingerprint density at radius 3 is 2.77 bits per heavy atom. The van der Waals surface area contributed by atoms with Gasteiger partial charge in [-0.25, -0.2) is 4.79 Å². The lowest BCUT2D eigenvalue weighted by Crippen LogP contribution is -2.05. The van der Waals surface area contributed by atoms with Gasteiger partial charge >= 0.3 is 5.97 Å². The molecule has 0 saturated heterocycles. The number of nitrogens with one attached hydrogen (secondary N) is 1. The molecule has 0 amide bonds. The first kappa shape index (κ1) is 14.5. The molecule has 4 nitrogen and oxygen atoms in total. The lowest BCUT2D eigenvalue weighted by Gasteiger charge is -2.12. The number of halogens is 1. The van der Waals surface area contributed by atoms with Crippen LogP contribution in [0, 0.1) is 0 Å². The van der Waals surface area contributed by atoms with Crippen molar-refractivity contribution in [3.05, 3.63) is 64.8 Å². The minimum absolute atomic E-state index is 0.371. The predicted octanol–water partition coefficient (Wildman–Crippen LogP) is 4.53. The quantitative estimate of drug-likeness (QED) is 0.700. The molecule has 0 bridgehead atoms. The summed E-state index contributed by atoms with van der Waals surface area (Å²) in [5.41, 5.74) is 2.95. The molecule has 0 aliphatic heterocycles. The smallest absolute Gasteiger partial charge is 0.339 e. The topological polar surface area (TPSA) is 51.2 Å². The molecular formula is C17H13BrN2O2. The van der Waals surface area contributed by atoms with Crippen molar-refractivity contribution >= 4 is 44.2 Å². The molecule has 1 N–H and O–H groups in total. The van der Waals surface area contributed by atoms with Crippen LogP contribution in [0.4, 0.5) is 11.4 Å². The van der Waals surface area contributed by atoms with Crippen LogP contribution in [0.3, 0.4) is 0 Å². The largest absolute Gasteiger partial charge is 0.465 e. The first-order valence-corrected chi connectivity index (χ1v) is 7.47. The van der Waals surface area contributed by atoms with E-state index < -0.39 is 0 Å². The number of nitrogens with zero attached hydrogens (tertiary/aromatic N) is 1. The molecule has 110 valence electrons. The summed E-state index contributed by atoms with van der Waals surface area (Å²) < 4.78 is 5.79. The van der Waals surface area contributed by atoms with E-state index in [9.17, 15) is 4.79 Å². The Kier molecular flexibility index (Phi) is 4.06. The molecule has 1 heterocycles. The number of methoxy groups -OCH3 is 1. The fraction of sp³-hybridized carbons (Fsp3) is 0.0588. The highest BCUT2D eigenvalue weighted by Gasteiger charge is 2.12. The number of benzene rings is 2. The van der Waals surface area contributed by atoms with Crippen LogP contribution in [0.15, 0.2) is 59.2 Å². The van der Waals surface area contributed by atoms with Crippen molar-refractivity contribution in [1.82, 2.24) is 4.98 Å². The number of aromatic nitrogens is 1.